The van der Waals surface area contributed by atoms with Crippen LogP contribution in [0.4, 0.5) is 25.8 Å². The Morgan fingerprint density at radius 2 is 1.75 bits per heavy atom. The Balaban J connectivity index is 0.846. The molecule has 63 heavy (non-hydrogen) atoms. The van der Waals surface area contributed by atoms with Crippen molar-refractivity contribution >= 4 is 46.7 Å². The van der Waals surface area contributed by atoms with Gasteiger partial charge >= 0.3 is 0 Å². The van der Waals surface area contributed by atoms with E-state index in [2.05, 4.69) is 54.6 Å². The number of ether oxygens (including phenoxy) is 2. The highest BCUT2D eigenvalue weighted by Gasteiger charge is 2.36. The van der Waals surface area contributed by atoms with Crippen LogP contribution >= 0.6 is 0 Å². The van der Waals surface area contributed by atoms with Gasteiger partial charge in [-0.3, -0.25) is 29.4 Å². The van der Waals surface area contributed by atoms with Crippen LogP contribution in [0.15, 0.2) is 53.7 Å². The minimum atomic E-state index is -1.07. The third kappa shape index (κ3) is 8.55. The van der Waals surface area contributed by atoms with E-state index in [1.807, 2.05) is 15.9 Å². The molecule has 3 atom stereocenters. The maximum absolute atomic E-state index is 15.3. The second kappa shape index (κ2) is 17.4. The van der Waals surface area contributed by atoms with Crippen molar-refractivity contribution in [2.24, 2.45) is 23.9 Å². The van der Waals surface area contributed by atoms with Crippen LogP contribution in [0.2, 0.25) is 0 Å². The molecule has 3 saturated heterocycles. The molecule has 16 nitrogen and oxygen atoms in total. The molecule has 4 aromatic rings. The van der Waals surface area contributed by atoms with Crippen LogP contribution in [0.3, 0.4) is 0 Å². The summed E-state index contributed by atoms with van der Waals surface area (Å²) >= 11 is 0. The topological polar surface area (TPSA) is 167 Å². The number of imide groups is 1. The summed E-state index contributed by atoms with van der Waals surface area (Å²) in [5.41, 5.74) is 4.33. The number of guanidine groups is 1. The highest BCUT2D eigenvalue weighted by atomic mass is 19.1. The zero-order chi connectivity index (χ0) is 43.9. The van der Waals surface area contributed by atoms with E-state index in [0.29, 0.717) is 99.7 Å². The lowest BCUT2D eigenvalue weighted by Crippen LogP contribution is -2.50. The smallest absolute Gasteiger partial charge is 0.280 e. The molecule has 4 amide bonds. The van der Waals surface area contributed by atoms with Crippen molar-refractivity contribution in [2.75, 3.05) is 74.6 Å². The van der Waals surface area contributed by atoms with Gasteiger partial charge in [-0.15, -0.1) is 0 Å². The molecule has 2 bridgehead atoms. The van der Waals surface area contributed by atoms with Crippen molar-refractivity contribution < 1.29 is 37.4 Å². The summed E-state index contributed by atoms with van der Waals surface area (Å²) in [5, 5.41) is 9.94. The minimum Gasteiger partial charge on any atom is -0.481 e. The van der Waals surface area contributed by atoms with Crippen LogP contribution in [0, 0.1) is 23.5 Å². The van der Waals surface area contributed by atoms with Crippen LogP contribution in [0.1, 0.15) is 66.4 Å². The molecule has 330 valence electrons. The highest BCUT2D eigenvalue weighted by Crippen LogP contribution is 2.37. The molecule has 0 saturated carbocycles. The van der Waals surface area contributed by atoms with Gasteiger partial charge in [-0.05, 0) is 67.5 Å². The predicted octanol–water partition coefficient (Wildman–Crippen LogP) is 4.70. The molecular formula is C45H50F2N10O6. The first-order valence-corrected chi connectivity index (χ1v) is 21.5. The molecule has 0 aliphatic carbocycles. The maximum Gasteiger partial charge on any atom is 0.280 e. The molecule has 0 spiro atoms. The quantitative estimate of drug-likeness (QED) is 0.257. The summed E-state index contributed by atoms with van der Waals surface area (Å²) in [4.78, 5) is 68.8. The number of aromatic nitrogens is 3. The van der Waals surface area contributed by atoms with Gasteiger partial charge in [0.15, 0.2) is 0 Å². The number of amides is 4. The second-order valence-corrected chi connectivity index (χ2v) is 17.1. The van der Waals surface area contributed by atoms with Gasteiger partial charge in [0.05, 0.1) is 54.4 Å². The summed E-state index contributed by atoms with van der Waals surface area (Å²) < 4.78 is 43.9. The number of aryl methyl sites for hydroxylation is 1. The number of aliphatic imine (C=N–C) groups is 1. The number of piperidine rings is 1. The third-order valence-electron chi connectivity index (χ3n) is 12.7. The van der Waals surface area contributed by atoms with Gasteiger partial charge in [0.25, 0.3) is 5.91 Å². The summed E-state index contributed by atoms with van der Waals surface area (Å²) in [6.07, 6.45) is 3.97. The summed E-state index contributed by atoms with van der Waals surface area (Å²) in [6.45, 7) is 7.22. The number of rotatable bonds is 6. The Hall–Kier alpha value is -6.43. The number of nitrogens with zero attached hydrogens (tertiary/aromatic N) is 8. The van der Waals surface area contributed by atoms with E-state index in [1.54, 1.807) is 30.1 Å². The molecule has 0 radical (unpaired) electrons. The van der Waals surface area contributed by atoms with Gasteiger partial charge in [0.2, 0.25) is 35.4 Å². The van der Waals surface area contributed by atoms with Crippen molar-refractivity contribution in [3.63, 3.8) is 0 Å². The van der Waals surface area contributed by atoms with Crippen LogP contribution in [0.25, 0.3) is 11.3 Å². The number of hydrogen-bond acceptors (Lipinski definition) is 12. The van der Waals surface area contributed by atoms with E-state index < -0.39 is 35.3 Å². The Bertz CT molecular complexity index is 2480. The largest absolute Gasteiger partial charge is 0.481 e. The zero-order valence-corrected chi connectivity index (χ0v) is 35.5. The number of carbonyl (C=O) groups excluding carboxylic acids is 4. The average molecular weight is 865 g/mol. The number of halogens is 2. The molecule has 2 aromatic carbocycles. The lowest BCUT2D eigenvalue weighted by atomic mass is 9.89. The highest BCUT2D eigenvalue weighted by molar-refractivity contribution is 6.19. The van der Waals surface area contributed by atoms with Gasteiger partial charge in [-0.1, -0.05) is 13.0 Å². The average Bonchev–Trinajstić information content (AvgIpc) is 4.00. The number of nitrogens with one attached hydrogen (secondary N) is 2. The van der Waals surface area contributed by atoms with Crippen LogP contribution < -0.4 is 29.9 Å². The van der Waals surface area contributed by atoms with E-state index in [-0.39, 0.29) is 42.0 Å². The maximum atomic E-state index is 15.3. The first-order valence-electron chi connectivity index (χ1n) is 21.5. The molecule has 5 aliphatic heterocycles. The normalized spacial score (nSPS) is 22.7. The van der Waals surface area contributed by atoms with Gasteiger partial charge in [-0.2, -0.15) is 10.1 Å². The van der Waals surface area contributed by atoms with Crippen molar-refractivity contribution in [3.05, 3.63) is 77.0 Å². The Morgan fingerprint density at radius 1 is 0.952 bits per heavy atom. The molecule has 7 heterocycles. The van der Waals surface area contributed by atoms with Crippen LogP contribution in [-0.4, -0.2) is 114 Å². The van der Waals surface area contributed by atoms with Crippen LogP contribution in [-0.2, 0) is 28.0 Å². The fourth-order valence-electron chi connectivity index (χ4n) is 9.28. The summed E-state index contributed by atoms with van der Waals surface area (Å²) in [6, 6.07) is 11.9. The van der Waals surface area contributed by atoms with Crippen molar-refractivity contribution in [1.29, 1.82) is 0 Å². The lowest BCUT2D eigenvalue weighted by molar-refractivity contribution is -0.137. The number of piperazine rings is 1. The predicted molar refractivity (Wildman–Crippen MR) is 230 cm³/mol. The zero-order valence-electron chi connectivity index (χ0n) is 35.5. The number of anilines is 3. The van der Waals surface area contributed by atoms with E-state index >= 15 is 8.78 Å². The number of hydrogen-bond donors (Lipinski definition) is 2. The molecule has 0 unspecified atom stereocenters. The molecule has 5 aliphatic rings. The van der Waals surface area contributed by atoms with Gasteiger partial charge in [0, 0.05) is 88.7 Å². The number of carbonyl (C=O) groups is 4. The Labute approximate surface area is 363 Å². The molecular weight excluding hydrogens is 815 g/mol. The first kappa shape index (κ1) is 41.9. The van der Waals surface area contributed by atoms with Gasteiger partial charge in [-0.25, -0.2) is 18.4 Å². The van der Waals surface area contributed by atoms with Gasteiger partial charge < -0.3 is 29.5 Å². The van der Waals surface area contributed by atoms with Crippen molar-refractivity contribution in [2.45, 2.75) is 51.5 Å². The van der Waals surface area contributed by atoms with E-state index in [0.717, 1.165) is 29.8 Å². The fourth-order valence-corrected chi connectivity index (χ4v) is 9.28. The SMILES string of the molecule is COc1cc2cc(n1)-c1cnn(C)c1OCCC[C@@H](C)CN1/C(=N/C2=O)Nc2ccc(CN3CCN(C(=O)[C@@H]4CCN(c5cc(F)c([C@H]6CCC(=O)NC6=O)c(F)c5)C4)CC3)cc21. The Kier molecular flexibility index (Phi) is 11.6. The summed E-state index contributed by atoms with van der Waals surface area (Å²) in [5.74, 6) is -3.11. The Morgan fingerprint density at radius 3 is 2.51 bits per heavy atom. The number of methoxy groups -OCH3 is 1. The van der Waals surface area contributed by atoms with Gasteiger partial charge in [0.1, 0.15) is 11.6 Å². The lowest BCUT2D eigenvalue weighted by Gasteiger charge is -2.36. The second-order valence-electron chi connectivity index (χ2n) is 17.1. The van der Waals surface area contributed by atoms with E-state index in [9.17, 15) is 19.2 Å². The number of benzene rings is 2. The molecule has 18 heteroatoms. The molecule has 9 rings (SSSR count). The minimum absolute atomic E-state index is 0.0185. The molecule has 2 aromatic heterocycles. The third-order valence-corrected chi connectivity index (χ3v) is 12.7. The molecule has 2 N–H and O–H groups in total. The standard InChI is InChI=1S/C45H50F2N10O6/c1-26-5-4-16-63-44-32(22-48-53(44)2)36-18-29(19-39(49-36)62-3)41(59)52-45-50-35-8-6-27(17-37(35)57(45)23-26)24-54-12-14-55(15-13-54)43(61)28-10-11-56(25-28)30-20-33(46)40(34(47)21-30)31-7-9-38(58)51-42(31)60/h6,8,17-22,26,28,31H,4-5,7,9-16,23-25H2,1-3H3,(H,50,52,59)(H,51,58,60)/t26-,28-,31-/m1/s1. The van der Waals surface area contributed by atoms with Crippen molar-refractivity contribution in [1.82, 2.24) is 29.9 Å². The molecule has 3 fully saturated rings. The number of pyridine rings is 1. The first-order chi connectivity index (χ1) is 30.4. The van der Waals surface area contributed by atoms with Crippen LogP contribution in [0.5, 0.6) is 11.8 Å². The van der Waals surface area contributed by atoms with E-state index in [1.165, 1.54) is 19.2 Å². The monoisotopic (exact) mass is 864 g/mol. The van der Waals surface area contributed by atoms with Crippen molar-refractivity contribution in [3.8, 4) is 23.0 Å². The van der Waals surface area contributed by atoms with E-state index in [4.69, 9.17) is 9.47 Å². The fraction of sp³-hybridized carbons (Fsp3) is 0.444. The number of fused-ring (bicyclic) bond motifs is 7. The summed E-state index contributed by atoms with van der Waals surface area (Å²) in [7, 11) is 3.31.